The van der Waals surface area contributed by atoms with Crippen LogP contribution in [0.5, 0.6) is 0 Å². The van der Waals surface area contributed by atoms with Crippen LogP contribution in [0.2, 0.25) is 0 Å². The zero-order chi connectivity index (χ0) is 17.7. The van der Waals surface area contributed by atoms with Crippen LogP contribution in [-0.4, -0.2) is 23.0 Å². The topological polar surface area (TPSA) is 97.5 Å². The number of hydrogen-bond acceptors (Lipinski definition) is 5. The Kier molecular flexibility index (Phi) is 9.04. The highest BCUT2D eigenvalue weighted by atomic mass is 32.2. The van der Waals surface area contributed by atoms with Crippen molar-refractivity contribution in [2.45, 2.75) is 9.79 Å². The fraction of sp³-hybridized carbons (Fsp3) is 0.250. The first-order chi connectivity index (χ1) is 12.3. The SMILES string of the molecule is [N-]=[N+]=Nc1ccc(SCCSCCSc2ccc(N=[N+]=[N-])cc2)cc1. The zero-order valence-corrected chi connectivity index (χ0v) is 15.8. The Morgan fingerprint density at radius 2 is 1.04 bits per heavy atom. The summed E-state index contributed by atoms with van der Waals surface area (Å²) in [7, 11) is 0. The molecule has 2 aromatic carbocycles. The Balaban J connectivity index is 1.57. The molecule has 0 bridgehead atoms. The zero-order valence-electron chi connectivity index (χ0n) is 13.4. The number of nitrogens with zero attached hydrogens (tertiary/aromatic N) is 6. The number of azide groups is 2. The molecule has 9 heteroatoms. The van der Waals surface area contributed by atoms with E-state index in [4.69, 9.17) is 11.1 Å². The molecule has 128 valence electrons. The number of rotatable bonds is 10. The maximum atomic E-state index is 8.37. The highest BCUT2D eigenvalue weighted by Gasteiger charge is 1.97. The highest BCUT2D eigenvalue weighted by Crippen LogP contribution is 2.24. The van der Waals surface area contributed by atoms with E-state index in [1.54, 1.807) is 23.5 Å². The van der Waals surface area contributed by atoms with Crippen LogP contribution in [0.3, 0.4) is 0 Å². The van der Waals surface area contributed by atoms with Crippen LogP contribution in [-0.2, 0) is 0 Å². The first kappa shape index (κ1) is 19.4. The molecule has 25 heavy (non-hydrogen) atoms. The number of thioether (sulfide) groups is 3. The molecule has 0 aliphatic rings. The molecule has 0 saturated heterocycles. The van der Waals surface area contributed by atoms with Gasteiger partial charge < -0.3 is 0 Å². The molecule has 0 aromatic heterocycles. The van der Waals surface area contributed by atoms with Crippen LogP contribution in [0.4, 0.5) is 11.4 Å². The largest absolute Gasteiger partial charge is 0.160 e. The van der Waals surface area contributed by atoms with E-state index in [9.17, 15) is 0 Å². The molecule has 2 rings (SSSR count). The Hall–Kier alpha value is -1.89. The van der Waals surface area contributed by atoms with Crippen molar-refractivity contribution in [1.82, 2.24) is 0 Å². The molecule has 2 aromatic rings. The van der Waals surface area contributed by atoms with Gasteiger partial charge >= 0.3 is 0 Å². The van der Waals surface area contributed by atoms with Gasteiger partial charge in [0.2, 0.25) is 0 Å². The van der Waals surface area contributed by atoms with Crippen molar-refractivity contribution in [3.63, 3.8) is 0 Å². The standard InChI is InChI=1S/C16H16N6S3/c17-21-19-13-1-5-15(6-2-13)24-11-9-23-10-12-25-16-7-3-14(4-8-16)20-22-18/h1-8H,9-12H2. The Labute approximate surface area is 159 Å². The van der Waals surface area contributed by atoms with Crippen molar-refractivity contribution >= 4 is 46.7 Å². The molecule has 0 N–H and O–H groups in total. The van der Waals surface area contributed by atoms with Crippen LogP contribution in [0, 0.1) is 0 Å². The van der Waals surface area contributed by atoms with Gasteiger partial charge in [-0.25, -0.2) is 0 Å². The van der Waals surface area contributed by atoms with E-state index in [0.717, 1.165) is 23.0 Å². The Bertz CT molecular complexity index is 685. The molecule has 0 heterocycles. The summed E-state index contributed by atoms with van der Waals surface area (Å²) in [5, 5.41) is 7.12. The predicted molar refractivity (Wildman–Crippen MR) is 109 cm³/mol. The first-order valence-electron chi connectivity index (χ1n) is 7.45. The molecule has 0 amide bonds. The van der Waals surface area contributed by atoms with Gasteiger partial charge in [-0.2, -0.15) is 11.8 Å². The van der Waals surface area contributed by atoms with Gasteiger partial charge in [0.25, 0.3) is 0 Å². The average molecular weight is 389 g/mol. The maximum absolute atomic E-state index is 8.37. The molecule has 0 fully saturated rings. The molecule has 0 spiro atoms. The van der Waals surface area contributed by atoms with E-state index >= 15 is 0 Å². The normalized spacial score (nSPS) is 9.92. The van der Waals surface area contributed by atoms with Gasteiger partial charge in [-0.3, -0.25) is 0 Å². The van der Waals surface area contributed by atoms with E-state index < -0.39 is 0 Å². The number of benzene rings is 2. The predicted octanol–water partition coefficient (Wildman–Crippen LogP) is 7.19. The van der Waals surface area contributed by atoms with E-state index in [-0.39, 0.29) is 0 Å². The lowest BCUT2D eigenvalue weighted by Gasteiger charge is -2.04. The summed E-state index contributed by atoms with van der Waals surface area (Å²) in [6.07, 6.45) is 0. The third kappa shape index (κ3) is 7.69. The average Bonchev–Trinajstić information content (AvgIpc) is 2.64. The lowest BCUT2D eigenvalue weighted by atomic mass is 10.3. The van der Waals surface area contributed by atoms with Gasteiger partial charge in [0.15, 0.2) is 0 Å². The summed E-state index contributed by atoms with van der Waals surface area (Å²) in [5.41, 5.74) is 18.0. The second-order valence-corrected chi connectivity index (χ2v) is 8.24. The van der Waals surface area contributed by atoms with E-state index in [0.29, 0.717) is 11.4 Å². The molecule has 0 saturated carbocycles. The minimum atomic E-state index is 0.644. The second kappa shape index (κ2) is 11.6. The van der Waals surface area contributed by atoms with Crippen LogP contribution >= 0.6 is 35.3 Å². The van der Waals surface area contributed by atoms with Crippen molar-refractivity contribution in [1.29, 1.82) is 0 Å². The molecule has 6 nitrogen and oxygen atoms in total. The Morgan fingerprint density at radius 1 is 0.640 bits per heavy atom. The van der Waals surface area contributed by atoms with Gasteiger partial charge in [-0.15, -0.1) is 23.5 Å². The summed E-state index contributed by atoms with van der Waals surface area (Å²) in [6, 6.07) is 15.3. The highest BCUT2D eigenvalue weighted by molar-refractivity contribution is 8.04. The van der Waals surface area contributed by atoms with Gasteiger partial charge in [0, 0.05) is 54.0 Å². The smallest absolute Gasteiger partial charge is 0.0376 e. The van der Waals surface area contributed by atoms with Crippen LogP contribution in [0.25, 0.3) is 20.9 Å². The van der Waals surface area contributed by atoms with Crippen molar-refractivity contribution in [2.75, 3.05) is 23.0 Å². The minimum absolute atomic E-state index is 0.644. The first-order valence-corrected chi connectivity index (χ1v) is 10.6. The summed E-state index contributed by atoms with van der Waals surface area (Å²) in [5.74, 6) is 4.30. The van der Waals surface area contributed by atoms with Crippen molar-refractivity contribution < 1.29 is 0 Å². The van der Waals surface area contributed by atoms with Gasteiger partial charge in [0.05, 0.1) is 0 Å². The van der Waals surface area contributed by atoms with Crippen LogP contribution < -0.4 is 0 Å². The molecular weight excluding hydrogens is 372 g/mol. The van der Waals surface area contributed by atoms with Crippen LogP contribution in [0.1, 0.15) is 0 Å². The van der Waals surface area contributed by atoms with E-state index in [1.807, 2.05) is 60.3 Å². The maximum Gasteiger partial charge on any atom is 0.0376 e. The van der Waals surface area contributed by atoms with Crippen molar-refractivity contribution in [3.05, 3.63) is 69.4 Å². The molecular formula is C16H16N6S3. The quantitative estimate of drug-likeness (QED) is 0.142. The molecule has 0 atom stereocenters. The monoisotopic (exact) mass is 388 g/mol. The summed E-state index contributed by atoms with van der Waals surface area (Å²) >= 11 is 5.55. The van der Waals surface area contributed by atoms with Gasteiger partial charge in [0.1, 0.15) is 0 Å². The lowest BCUT2D eigenvalue weighted by molar-refractivity contribution is 1.38. The Morgan fingerprint density at radius 3 is 1.40 bits per heavy atom. The van der Waals surface area contributed by atoms with E-state index in [2.05, 4.69) is 20.1 Å². The lowest BCUT2D eigenvalue weighted by Crippen LogP contribution is -1.89. The van der Waals surface area contributed by atoms with Gasteiger partial charge in [-0.1, -0.05) is 34.5 Å². The fourth-order valence-corrected chi connectivity index (χ4v) is 4.80. The second-order valence-electron chi connectivity index (χ2n) is 4.68. The third-order valence-electron chi connectivity index (χ3n) is 2.99. The van der Waals surface area contributed by atoms with Gasteiger partial charge in [-0.05, 0) is 35.3 Å². The third-order valence-corrected chi connectivity index (χ3v) is 6.52. The number of hydrogen-bond donors (Lipinski definition) is 0. The van der Waals surface area contributed by atoms with E-state index in [1.165, 1.54) is 9.79 Å². The summed E-state index contributed by atoms with van der Waals surface area (Å²) in [4.78, 5) is 7.91. The molecule has 0 aliphatic carbocycles. The fourth-order valence-electron chi connectivity index (χ4n) is 1.86. The molecule has 0 radical (unpaired) electrons. The van der Waals surface area contributed by atoms with Crippen molar-refractivity contribution in [2.24, 2.45) is 10.2 Å². The molecule has 0 aliphatic heterocycles. The molecule has 0 unspecified atom stereocenters. The van der Waals surface area contributed by atoms with Crippen LogP contribution in [0.15, 0.2) is 68.6 Å². The minimum Gasteiger partial charge on any atom is -0.160 e. The van der Waals surface area contributed by atoms with Crippen molar-refractivity contribution in [3.8, 4) is 0 Å². The summed E-state index contributed by atoms with van der Waals surface area (Å²) < 4.78 is 0. The summed E-state index contributed by atoms with van der Waals surface area (Å²) in [6.45, 7) is 0.